The van der Waals surface area contributed by atoms with E-state index in [0.717, 1.165) is 50.3 Å². The van der Waals surface area contributed by atoms with Crippen LogP contribution in [0.3, 0.4) is 0 Å². The summed E-state index contributed by atoms with van der Waals surface area (Å²) in [5.41, 5.74) is 5.14. The molecule has 0 spiro atoms. The van der Waals surface area contributed by atoms with Crippen LogP contribution in [0.5, 0.6) is 5.75 Å². The monoisotopic (exact) mass is 407 g/mol. The van der Waals surface area contributed by atoms with E-state index in [1.54, 1.807) is 0 Å². The van der Waals surface area contributed by atoms with Crippen LogP contribution in [0.1, 0.15) is 36.5 Å². The average molecular weight is 408 g/mol. The first-order chi connectivity index (χ1) is 14.6. The van der Waals surface area contributed by atoms with Crippen molar-refractivity contribution in [2.45, 2.75) is 45.3 Å². The number of likely N-dealkylation sites (N-methyl/N-ethyl adjacent to an activating group) is 1. The Morgan fingerprint density at radius 3 is 2.43 bits per heavy atom. The molecule has 1 fully saturated rings. The molecule has 0 radical (unpaired) electrons. The molecule has 1 aliphatic carbocycles. The lowest BCUT2D eigenvalue weighted by molar-refractivity contribution is -0.127. The van der Waals surface area contributed by atoms with Gasteiger partial charge in [0.1, 0.15) is 5.75 Å². The van der Waals surface area contributed by atoms with Gasteiger partial charge >= 0.3 is 0 Å². The molecule has 0 bridgehead atoms. The van der Waals surface area contributed by atoms with Gasteiger partial charge in [0.15, 0.2) is 6.10 Å². The van der Waals surface area contributed by atoms with Gasteiger partial charge in [-0.25, -0.2) is 0 Å². The topological polar surface area (TPSA) is 44.8 Å². The third-order valence-corrected chi connectivity index (χ3v) is 6.27. The molecule has 30 heavy (non-hydrogen) atoms. The van der Waals surface area contributed by atoms with Crippen molar-refractivity contribution in [3.63, 3.8) is 0 Å². The zero-order chi connectivity index (χ0) is 20.9. The number of nitrogens with zero attached hydrogens (tertiary/aromatic N) is 2. The number of piperazine rings is 1. The third-order valence-electron chi connectivity index (χ3n) is 6.27. The van der Waals surface area contributed by atoms with Crippen molar-refractivity contribution in [3.05, 3.63) is 59.2 Å². The molecule has 0 aromatic heterocycles. The molecule has 5 nitrogen and oxygen atoms in total. The fourth-order valence-electron chi connectivity index (χ4n) is 4.26. The summed E-state index contributed by atoms with van der Waals surface area (Å²) in [4.78, 5) is 17.3. The fourth-order valence-corrected chi connectivity index (χ4v) is 4.26. The molecule has 2 aromatic rings. The number of nitrogens with one attached hydrogen (secondary N) is 1. The molecule has 1 saturated heterocycles. The number of hydrogen-bond donors (Lipinski definition) is 1. The Morgan fingerprint density at radius 2 is 1.70 bits per heavy atom. The minimum atomic E-state index is -0.517. The number of anilines is 1. The second-order valence-electron chi connectivity index (χ2n) is 8.57. The van der Waals surface area contributed by atoms with Gasteiger partial charge in [-0.1, -0.05) is 18.2 Å². The van der Waals surface area contributed by atoms with E-state index < -0.39 is 6.10 Å². The van der Waals surface area contributed by atoms with Crippen molar-refractivity contribution in [3.8, 4) is 5.75 Å². The number of hydrogen-bond acceptors (Lipinski definition) is 4. The molecule has 1 amide bonds. The van der Waals surface area contributed by atoms with E-state index in [1.807, 2.05) is 13.0 Å². The zero-order valence-electron chi connectivity index (χ0n) is 18.2. The highest BCUT2D eigenvalue weighted by Crippen LogP contribution is 2.26. The van der Waals surface area contributed by atoms with Gasteiger partial charge in [-0.3, -0.25) is 4.79 Å². The van der Waals surface area contributed by atoms with Crippen LogP contribution < -0.4 is 15.0 Å². The summed E-state index contributed by atoms with van der Waals surface area (Å²) in [6.07, 6.45) is 4.25. The van der Waals surface area contributed by atoms with Gasteiger partial charge < -0.3 is 19.9 Å². The number of carbonyl (C=O) groups is 1. The first-order valence-electron chi connectivity index (χ1n) is 11.2. The van der Waals surface area contributed by atoms with Crippen molar-refractivity contribution < 1.29 is 9.53 Å². The van der Waals surface area contributed by atoms with Crippen LogP contribution in [0.25, 0.3) is 0 Å². The molecule has 1 heterocycles. The number of benzene rings is 2. The van der Waals surface area contributed by atoms with E-state index in [9.17, 15) is 4.79 Å². The van der Waals surface area contributed by atoms with Gasteiger partial charge in [0, 0.05) is 38.4 Å². The Kier molecular flexibility index (Phi) is 6.58. The van der Waals surface area contributed by atoms with E-state index >= 15 is 0 Å². The van der Waals surface area contributed by atoms with Gasteiger partial charge in [-0.2, -0.15) is 0 Å². The normalized spacial score (nSPS) is 17.9. The molecule has 0 saturated carbocycles. The molecule has 2 aromatic carbocycles. The number of carbonyl (C=O) groups excluding carboxylic acids is 1. The molecular formula is C25H33N3O2. The largest absolute Gasteiger partial charge is 0.481 e. The zero-order valence-corrected chi connectivity index (χ0v) is 18.2. The van der Waals surface area contributed by atoms with Crippen LogP contribution in [0.15, 0.2) is 42.5 Å². The van der Waals surface area contributed by atoms with Crippen molar-refractivity contribution in [2.24, 2.45) is 0 Å². The predicted octanol–water partition coefficient (Wildman–Crippen LogP) is 3.40. The molecule has 1 atom stereocenters. The van der Waals surface area contributed by atoms with Crippen molar-refractivity contribution in [1.82, 2.24) is 10.2 Å². The van der Waals surface area contributed by atoms with E-state index in [2.05, 4.69) is 58.6 Å². The summed E-state index contributed by atoms with van der Waals surface area (Å²) < 4.78 is 5.92. The maximum absolute atomic E-state index is 12.5. The summed E-state index contributed by atoms with van der Waals surface area (Å²) >= 11 is 0. The van der Waals surface area contributed by atoms with E-state index in [4.69, 9.17) is 4.74 Å². The summed E-state index contributed by atoms with van der Waals surface area (Å²) in [7, 11) is 2.17. The number of aryl methyl sites for hydroxylation is 2. The number of amides is 1. The van der Waals surface area contributed by atoms with Crippen molar-refractivity contribution in [2.75, 3.05) is 38.1 Å². The van der Waals surface area contributed by atoms with Gasteiger partial charge in [0.05, 0.1) is 0 Å². The first kappa shape index (κ1) is 20.7. The third kappa shape index (κ3) is 5.14. The van der Waals surface area contributed by atoms with Crippen LogP contribution >= 0.6 is 0 Å². The SMILES string of the molecule is CC(Oc1ccc2c(c1)CCCC2)C(=O)NCc1ccc(N2CCN(C)CC2)cc1. The molecule has 2 aliphatic rings. The average Bonchev–Trinajstić information content (AvgIpc) is 2.78. The second-order valence-corrected chi connectivity index (χ2v) is 8.57. The Labute approximate surface area is 180 Å². The Hall–Kier alpha value is -2.53. The molecular weight excluding hydrogens is 374 g/mol. The minimum absolute atomic E-state index is 0.0872. The molecule has 5 heteroatoms. The van der Waals surface area contributed by atoms with Gasteiger partial charge in [0.2, 0.25) is 0 Å². The summed E-state index contributed by atoms with van der Waals surface area (Å²) in [5, 5.41) is 3.00. The van der Waals surface area contributed by atoms with Gasteiger partial charge in [-0.15, -0.1) is 0 Å². The first-order valence-corrected chi connectivity index (χ1v) is 11.2. The van der Waals surface area contributed by atoms with Crippen LogP contribution in [0, 0.1) is 0 Å². The van der Waals surface area contributed by atoms with E-state index in [0.29, 0.717) is 6.54 Å². The smallest absolute Gasteiger partial charge is 0.261 e. The fraction of sp³-hybridized carbons (Fsp3) is 0.480. The molecule has 1 aliphatic heterocycles. The highest BCUT2D eigenvalue weighted by Gasteiger charge is 2.17. The minimum Gasteiger partial charge on any atom is -0.481 e. The van der Waals surface area contributed by atoms with Crippen LogP contribution in [0.2, 0.25) is 0 Å². The van der Waals surface area contributed by atoms with Crippen LogP contribution in [-0.2, 0) is 24.2 Å². The number of ether oxygens (including phenoxy) is 1. The number of rotatable bonds is 6. The van der Waals surface area contributed by atoms with Crippen molar-refractivity contribution >= 4 is 11.6 Å². The lowest BCUT2D eigenvalue weighted by Gasteiger charge is -2.34. The number of fused-ring (bicyclic) bond motifs is 1. The second kappa shape index (κ2) is 9.52. The maximum Gasteiger partial charge on any atom is 0.261 e. The standard InChI is InChI=1S/C25H33N3O2/c1-19(30-24-12-9-21-5-3-4-6-22(21)17-24)25(29)26-18-20-7-10-23(11-8-20)28-15-13-27(2)14-16-28/h7-12,17,19H,3-6,13-16,18H2,1-2H3,(H,26,29). The van der Waals surface area contributed by atoms with E-state index in [-0.39, 0.29) is 5.91 Å². The lowest BCUT2D eigenvalue weighted by Crippen LogP contribution is -2.44. The Balaban J connectivity index is 1.26. The molecule has 1 unspecified atom stereocenters. The predicted molar refractivity (Wildman–Crippen MR) is 121 cm³/mol. The van der Waals surface area contributed by atoms with E-state index in [1.165, 1.54) is 29.7 Å². The molecule has 1 N–H and O–H groups in total. The van der Waals surface area contributed by atoms with Crippen LogP contribution in [-0.4, -0.2) is 50.1 Å². The van der Waals surface area contributed by atoms with Crippen LogP contribution in [0.4, 0.5) is 5.69 Å². The maximum atomic E-state index is 12.5. The molecule has 4 rings (SSSR count). The van der Waals surface area contributed by atoms with Gasteiger partial charge in [-0.05, 0) is 80.6 Å². The van der Waals surface area contributed by atoms with Gasteiger partial charge in [0.25, 0.3) is 5.91 Å². The summed E-state index contributed by atoms with van der Waals surface area (Å²) in [5.74, 6) is 0.700. The highest BCUT2D eigenvalue weighted by molar-refractivity contribution is 5.80. The highest BCUT2D eigenvalue weighted by atomic mass is 16.5. The quantitative estimate of drug-likeness (QED) is 0.797. The Bertz CT molecular complexity index is 857. The summed E-state index contributed by atoms with van der Waals surface area (Å²) in [6.45, 7) is 6.64. The lowest BCUT2D eigenvalue weighted by atomic mass is 9.92. The summed E-state index contributed by atoms with van der Waals surface area (Å²) in [6, 6.07) is 14.8. The van der Waals surface area contributed by atoms with Crippen molar-refractivity contribution in [1.29, 1.82) is 0 Å². The Morgan fingerprint density at radius 1 is 1.00 bits per heavy atom. The molecule has 160 valence electrons.